The normalized spacial score (nSPS) is 15.8. The fourth-order valence-electron chi connectivity index (χ4n) is 2.55. The van der Waals surface area contributed by atoms with Gasteiger partial charge in [-0.1, -0.05) is 18.2 Å². The van der Waals surface area contributed by atoms with Crippen LogP contribution >= 0.6 is 23.7 Å². The molecule has 1 aliphatic heterocycles. The molecule has 5 nitrogen and oxygen atoms in total. The van der Waals surface area contributed by atoms with E-state index in [-0.39, 0.29) is 33.5 Å². The lowest BCUT2D eigenvalue weighted by molar-refractivity contribution is 0.0719. The first-order valence-corrected chi connectivity index (χ1v) is 9.73. The number of sulfone groups is 1. The molecule has 1 aromatic heterocycles. The van der Waals surface area contributed by atoms with Crippen molar-refractivity contribution in [2.45, 2.75) is 28.0 Å². The van der Waals surface area contributed by atoms with Crippen molar-refractivity contribution in [3.8, 4) is 0 Å². The van der Waals surface area contributed by atoms with E-state index >= 15 is 0 Å². The number of carbonyl (C=O) groups is 1. The fraction of sp³-hybridized carbons (Fsp3) is 0.312. The molecular formula is C16H19ClN2O3S2. The van der Waals surface area contributed by atoms with E-state index in [0.29, 0.717) is 18.0 Å². The minimum atomic E-state index is -3.56. The maximum Gasteiger partial charge on any atom is 0.263 e. The predicted octanol–water partition coefficient (Wildman–Crippen LogP) is 2.57. The fourth-order valence-corrected chi connectivity index (χ4v) is 5.25. The summed E-state index contributed by atoms with van der Waals surface area (Å²) in [5.74, 6) is -0.114. The summed E-state index contributed by atoms with van der Waals surface area (Å²) in [6.07, 6.45) is 1.57. The number of rotatable bonds is 3. The van der Waals surface area contributed by atoms with Crippen molar-refractivity contribution in [3.05, 3.63) is 47.3 Å². The third-order valence-corrected chi connectivity index (χ3v) is 7.27. The summed E-state index contributed by atoms with van der Waals surface area (Å²) in [6.45, 7) is 1.25. The van der Waals surface area contributed by atoms with Crippen LogP contribution in [-0.4, -0.2) is 38.4 Å². The van der Waals surface area contributed by atoms with Gasteiger partial charge in [0.1, 0.15) is 4.21 Å². The van der Waals surface area contributed by atoms with Gasteiger partial charge < -0.3 is 10.6 Å². The number of piperidine rings is 1. The van der Waals surface area contributed by atoms with Gasteiger partial charge in [-0.15, -0.1) is 23.7 Å². The van der Waals surface area contributed by atoms with Crippen molar-refractivity contribution in [1.29, 1.82) is 0 Å². The maximum absolute atomic E-state index is 12.6. The molecule has 0 radical (unpaired) electrons. The molecule has 8 heteroatoms. The second-order valence-corrected chi connectivity index (χ2v) is 8.83. The van der Waals surface area contributed by atoms with Crippen LogP contribution in [-0.2, 0) is 9.84 Å². The van der Waals surface area contributed by atoms with E-state index in [1.54, 1.807) is 41.3 Å². The van der Waals surface area contributed by atoms with Crippen molar-refractivity contribution in [2.24, 2.45) is 5.73 Å². The van der Waals surface area contributed by atoms with E-state index < -0.39 is 9.84 Å². The third kappa shape index (κ3) is 3.80. The van der Waals surface area contributed by atoms with Crippen molar-refractivity contribution in [1.82, 2.24) is 4.90 Å². The SMILES string of the molecule is Cl.NC1CCN(C(=O)c2ccc(S(=O)(=O)c3ccccc3)s2)CC1. The van der Waals surface area contributed by atoms with Gasteiger partial charge in [0.05, 0.1) is 9.77 Å². The minimum absolute atomic E-state index is 0. The van der Waals surface area contributed by atoms with Crippen LogP contribution in [0.2, 0.25) is 0 Å². The predicted molar refractivity (Wildman–Crippen MR) is 96.6 cm³/mol. The lowest BCUT2D eigenvalue weighted by Gasteiger charge is -2.29. The standard InChI is InChI=1S/C16H18N2O3S2.ClH/c17-12-8-10-18(11-9-12)16(19)14-6-7-15(22-14)23(20,21)13-4-2-1-3-5-13;/h1-7,12H,8-11,17H2;1H. The summed E-state index contributed by atoms with van der Waals surface area (Å²) in [7, 11) is -3.56. The van der Waals surface area contributed by atoms with Gasteiger partial charge in [0, 0.05) is 19.1 Å². The summed E-state index contributed by atoms with van der Waals surface area (Å²) >= 11 is 1.03. The van der Waals surface area contributed by atoms with Gasteiger partial charge in [0.25, 0.3) is 5.91 Å². The van der Waals surface area contributed by atoms with Gasteiger partial charge in [0.2, 0.25) is 9.84 Å². The summed E-state index contributed by atoms with van der Waals surface area (Å²) in [5.41, 5.74) is 5.85. The summed E-state index contributed by atoms with van der Waals surface area (Å²) < 4.78 is 25.3. The molecule has 0 spiro atoms. The number of hydrogen-bond acceptors (Lipinski definition) is 5. The molecule has 3 rings (SSSR count). The monoisotopic (exact) mass is 386 g/mol. The number of thiophene rings is 1. The van der Waals surface area contributed by atoms with Gasteiger partial charge in [-0.2, -0.15) is 0 Å². The first kappa shape index (κ1) is 18.9. The van der Waals surface area contributed by atoms with Crippen molar-refractivity contribution in [3.63, 3.8) is 0 Å². The Balaban J connectivity index is 0.00000208. The average molecular weight is 387 g/mol. The zero-order valence-corrected chi connectivity index (χ0v) is 15.4. The maximum atomic E-state index is 12.6. The van der Waals surface area contributed by atoms with Gasteiger partial charge >= 0.3 is 0 Å². The molecule has 1 aliphatic rings. The van der Waals surface area contributed by atoms with Crippen LogP contribution in [0, 0.1) is 0 Å². The number of nitrogens with two attached hydrogens (primary N) is 1. The van der Waals surface area contributed by atoms with E-state index in [4.69, 9.17) is 5.73 Å². The highest BCUT2D eigenvalue weighted by Gasteiger charge is 2.25. The molecule has 2 N–H and O–H groups in total. The Bertz CT molecular complexity index is 798. The van der Waals surface area contributed by atoms with Crippen molar-refractivity contribution < 1.29 is 13.2 Å². The van der Waals surface area contributed by atoms with Crippen LogP contribution in [0.5, 0.6) is 0 Å². The smallest absolute Gasteiger partial charge is 0.263 e. The van der Waals surface area contributed by atoms with Gasteiger partial charge in [-0.05, 0) is 37.1 Å². The molecular weight excluding hydrogens is 368 g/mol. The molecule has 1 fully saturated rings. The number of hydrogen-bond donors (Lipinski definition) is 1. The minimum Gasteiger partial charge on any atom is -0.338 e. The van der Waals surface area contributed by atoms with Crippen LogP contribution in [0.15, 0.2) is 51.6 Å². The zero-order chi connectivity index (χ0) is 16.4. The molecule has 0 saturated carbocycles. The Kier molecular flexibility index (Phi) is 6.03. The topological polar surface area (TPSA) is 80.5 Å². The average Bonchev–Trinajstić information content (AvgIpc) is 3.06. The molecule has 24 heavy (non-hydrogen) atoms. The summed E-state index contributed by atoms with van der Waals surface area (Å²) in [5, 5.41) is 0. The van der Waals surface area contributed by atoms with Crippen LogP contribution in [0.3, 0.4) is 0 Å². The molecule has 130 valence electrons. The first-order chi connectivity index (χ1) is 11.0. The number of halogens is 1. The van der Waals surface area contributed by atoms with Gasteiger partial charge in [-0.3, -0.25) is 4.79 Å². The molecule has 2 aromatic rings. The Morgan fingerprint density at radius 3 is 2.33 bits per heavy atom. The van der Waals surface area contributed by atoms with Crippen LogP contribution in [0.1, 0.15) is 22.5 Å². The summed E-state index contributed by atoms with van der Waals surface area (Å²) in [4.78, 5) is 14.9. The van der Waals surface area contributed by atoms with E-state index in [9.17, 15) is 13.2 Å². The highest BCUT2D eigenvalue weighted by Crippen LogP contribution is 2.28. The van der Waals surface area contributed by atoms with Crippen LogP contribution < -0.4 is 5.73 Å². The lowest BCUT2D eigenvalue weighted by Crippen LogP contribution is -2.42. The number of benzene rings is 1. The Hall–Kier alpha value is -1.41. The number of carbonyl (C=O) groups excluding carboxylic acids is 1. The Morgan fingerprint density at radius 1 is 1.08 bits per heavy atom. The summed E-state index contributed by atoms with van der Waals surface area (Å²) in [6, 6.07) is 11.5. The Morgan fingerprint density at radius 2 is 1.71 bits per heavy atom. The van der Waals surface area contributed by atoms with Crippen molar-refractivity contribution >= 4 is 39.5 Å². The molecule has 2 heterocycles. The molecule has 0 bridgehead atoms. The molecule has 0 unspecified atom stereocenters. The van der Waals surface area contributed by atoms with Crippen LogP contribution in [0.4, 0.5) is 0 Å². The zero-order valence-electron chi connectivity index (χ0n) is 12.9. The first-order valence-electron chi connectivity index (χ1n) is 7.43. The number of likely N-dealkylation sites (tertiary alicyclic amines) is 1. The highest BCUT2D eigenvalue weighted by molar-refractivity contribution is 7.93. The van der Waals surface area contributed by atoms with E-state index in [0.717, 1.165) is 24.2 Å². The van der Waals surface area contributed by atoms with Gasteiger partial charge in [-0.25, -0.2) is 8.42 Å². The Labute approximate surface area is 151 Å². The number of amides is 1. The second kappa shape index (κ2) is 7.65. The van der Waals surface area contributed by atoms with E-state index in [1.165, 1.54) is 6.07 Å². The highest BCUT2D eigenvalue weighted by atomic mass is 35.5. The van der Waals surface area contributed by atoms with Crippen molar-refractivity contribution in [2.75, 3.05) is 13.1 Å². The van der Waals surface area contributed by atoms with E-state index in [1.807, 2.05) is 0 Å². The molecule has 1 amide bonds. The number of nitrogens with zero attached hydrogens (tertiary/aromatic N) is 1. The largest absolute Gasteiger partial charge is 0.338 e. The quantitative estimate of drug-likeness (QED) is 0.879. The lowest BCUT2D eigenvalue weighted by atomic mass is 10.1. The van der Waals surface area contributed by atoms with Crippen LogP contribution in [0.25, 0.3) is 0 Å². The van der Waals surface area contributed by atoms with Gasteiger partial charge in [0.15, 0.2) is 0 Å². The van der Waals surface area contributed by atoms with E-state index in [2.05, 4.69) is 0 Å². The molecule has 1 saturated heterocycles. The molecule has 0 atom stereocenters. The molecule has 0 aliphatic carbocycles. The second-order valence-electron chi connectivity index (χ2n) is 5.56. The third-order valence-electron chi connectivity index (χ3n) is 3.94. The molecule has 1 aromatic carbocycles.